The molecule has 2 N–H and O–H groups in total. The first-order valence-corrected chi connectivity index (χ1v) is 42.9. The maximum Gasteiger partial charge on any atom is 0.238 e. The number of nitrogens with two attached hydrogens (primary N) is 1. The molecule has 17 rings (SSSR count). The first-order valence-electron chi connectivity index (χ1n) is 36.1. The molecule has 23 nitrogen and oxygen atoms in total. The van der Waals surface area contributed by atoms with Crippen molar-refractivity contribution in [1.82, 2.24) is 57.6 Å². The molecule has 12 aromatic heterocycles. The Kier molecular flexibility index (Phi) is 22.6. The summed E-state index contributed by atoms with van der Waals surface area (Å²) in [6.45, 7) is 45.2. The van der Waals surface area contributed by atoms with Crippen LogP contribution in [0.2, 0.25) is 20.1 Å². The molecule has 0 aliphatic heterocycles. The van der Waals surface area contributed by atoms with Gasteiger partial charge in [0, 0.05) is 149 Å². The Labute approximate surface area is 705 Å². The predicted octanol–water partition coefficient (Wildman–Crippen LogP) is 21.9. The van der Waals surface area contributed by atoms with Crippen LogP contribution in [0.1, 0.15) is 44.5 Å². The summed E-state index contributed by atoms with van der Waals surface area (Å²) in [6, 6.07) is 32.2. The topological polar surface area (TPSA) is 260 Å². The SMILES string of the molecule is [C-]#[N+]c1cc2c(-c3cncc(C)c3Cl)cn(-c3ccc(S(C)(=O)=O)cn3)c2cc1C.[C-]#[N+]c1cc2c(-c3cncc(C)c3Cl)cn(-c3ccc(S(C)(=O)=O)nc3)c2cc1C.[C-]#[N+]c1cc2c(-c3cncc(C)c3Cl)cn(-c3ccc(S(N)(=O)=O)cc3)c2cc1C.[C-]#[N+]c1cc2c(-c3cncc(C)c3Cl)cn(-c3ccc4cncn4c3)c2cc1C. The molecule has 30 heteroatoms. The summed E-state index contributed by atoms with van der Waals surface area (Å²) in [5.41, 5.74) is 22.9. The van der Waals surface area contributed by atoms with E-state index >= 15 is 0 Å². The van der Waals surface area contributed by atoms with E-state index in [2.05, 4.69) is 77.2 Å². The second-order valence-corrected chi connectivity index (χ2v) is 35.4. The molecular weight excluding hydrogens is 1640 g/mol. The third kappa shape index (κ3) is 16.2. The number of pyridine rings is 7. The Hall–Kier alpha value is -13.2. The number of rotatable bonds is 11. The molecule has 0 radical (unpaired) electrons. The maximum atomic E-state index is 11.8. The molecule has 0 amide bonds. The number of benzene rings is 5. The number of nitrogens with zero attached hydrogens (tertiary/aromatic N) is 16. The molecule has 590 valence electrons. The molecule has 17 aromatic rings. The lowest BCUT2D eigenvalue weighted by molar-refractivity contribution is 0.596. The highest BCUT2D eigenvalue weighted by molar-refractivity contribution is 7.91. The summed E-state index contributed by atoms with van der Waals surface area (Å²) in [4.78, 5) is 44.6. The van der Waals surface area contributed by atoms with Gasteiger partial charge in [-0.1, -0.05) is 46.4 Å². The fourth-order valence-electron chi connectivity index (χ4n) is 13.9. The van der Waals surface area contributed by atoms with Crippen LogP contribution in [0, 0.1) is 81.7 Å². The van der Waals surface area contributed by atoms with Crippen LogP contribution in [0.3, 0.4) is 0 Å². The van der Waals surface area contributed by atoms with Crippen molar-refractivity contribution < 1.29 is 25.3 Å². The molecule has 0 atom stereocenters. The van der Waals surface area contributed by atoms with E-state index in [4.69, 9.17) is 77.8 Å². The Morgan fingerprint density at radius 3 is 1.03 bits per heavy atom. The standard InChI is InChI=1S/C23H16ClN5.3C22H17ClN4O2S/c1-14-6-22-18(7-21(14)25-3)20(19-10-26-8-15(2)23(19)24)12-29(22)17-5-4-16-9-27-13-28(16)11-17;1-13-7-20-16(8-19(13)24-3)18(17-11-25-9-14(2)22(17)23)12-27(20)21-6-5-15(10-26-21)30(4,28)29;1-13-7-20-16(8-19(13)24-3)18(17-11-25-9-14(2)22(17)23)12-27(20)15-5-6-21(26-10-15)30(4,28)29;1-13-8-21-17(9-20(13)25-3)19(18-11-26-10-14(2)22(18)23)12-27(21)15-4-6-16(7-5-15)30(24,28)29/h4-13H,1-2H3;2*5-12H,1-2,4H3;4-12H,1-2H3,(H2,24,28,29). The number of hydrogen-bond acceptors (Lipinski definition) is 13. The summed E-state index contributed by atoms with van der Waals surface area (Å²) < 4.78 is 80.1. The molecule has 0 spiro atoms. The lowest BCUT2D eigenvalue weighted by Crippen LogP contribution is -2.11. The second kappa shape index (κ2) is 32.7. The number of aryl methyl sites for hydroxylation is 8. The van der Waals surface area contributed by atoms with Gasteiger partial charge in [0.05, 0.1) is 114 Å². The quantitative estimate of drug-likeness (QED) is 0.118. The average Bonchev–Trinajstić information content (AvgIpc) is 1.62. The van der Waals surface area contributed by atoms with Gasteiger partial charge < -0.3 is 22.7 Å². The maximum absolute atomic E-state index is 11.8. The van der Waals surface area contributed by atoms with Crippen molar-refractivity contribution >= 4 is 148 Å². The van der Waals surface area contributed by atoms with Gasteiger partial charge in [-0.15, -0.1) is 0 Å². The molecule has 0 aliphatic rings. The van der Waals surface area contributed by atoms with Crippen molar-refractivity contribution in [3.63, 3.8) is 0 Å². The average molecular weight is 1710 g/mol. The van der Waals surface area contributed by atoms with Gasteiger partial charge in [0.1, 0.15) is 5.82 Å². The number of hydrogen-bond donors (Lipinski definition) is 1. The first-order chi connectivity index (χ1) is 56.7. The van der Waals surface area contributed by atoms with Crippen LogP contribution >= 0.6 is 46.4 Å². The Balaban J connectivity index is 0.000000130. The van der Waals surface area contributed by atoms with Gasteiger partial charge in [0.2, 0.25) is 10.0 Å². The van der Waals surface area contributed by atoms with Crippen molar-refractivity contribution in [3.05, 3.63) is 325 Å². The third-order valence-corrected chi connectivity index (χ3v) is 25.3. The molecule has 0 aliphatic carbocycles. The lowest BCUT2D eigenvalue weighted by atomic mass is 10.0. The lowest BCUT2D eigenvalue weighted by Gasteiger charge is -2.07. The van der Waals surface area contributed by atoms with Gasteiger partial charge in [0.15, 0.2) is 47.5 Å². The molecule has 12 heterocycles. The van der Waals surface area contributed by atoms with Crippen LogP contribution in [-0.2, 0) is 29.7 Å². The molecule has 119 heavy (non-hydrogen) atoms. The minimum atomic E-state index is -3.78. The van der Waals surface area contributed by atoms with Crippen molar-refractivity contribution in [1.29, 1.82) is 0 Å². The van der Waals surface area contributed by atoms with Gasteiger partial charge in [0.25, 0.3) is 0 Å². The number of halogens is 4. The zero-order valence-corrected chi connectivity index (χ0v) is 70.6. The highest BCUT2D eigenvalue weighted by Gasteiger charge is 2.24. The number of imidazole rings is 1. The Morgan fingerprint density at radius 1 is 0.336 bits per heavy atom. The number of fused-ring (bicyclic) bond motifs is 5. The minimum absolute atomic E-state index is 0.0142. The number of sulfone groups is 2. The number of sulfonamides is 1. The van der Waals surface area contributed by atoms with Crippen molar-refractivity contribution in [2.75, 3.05) is 12.5 Å². The number of primary sulfonamides is 1. The van der Waals surface area contributed by atoms with Crippen LogP contribution in [-0.4, -0.2) is 95.3 Å². The first kappa shape index (κ1) is 82.3. The van der Waals surface area contributed by atoms with Gasteiger partial charge in [-0.3, -0.25) is 19.9 Å². The summed E-state index contributed by atoms with van der Waals surface area (Å²) in [5.74, 6) is 0.561. The van der Waals surface area contributed by atoms with E-state index < -0.39 is 29.7 Å². The predicted molar refractivity (Wildman–Crippen MR) is 471 cm³/mol. The smallest absolute Gasteiger partial charge is 0.238 e. The van der Waals surface area contributed by atoms with Crippen LogP contribution in [0.15, 0.2) is 229 Å². The van der Waals surface area contributed by atoms with E-state index in [1.165, 1.54) is 36.7 Å². The van der Waals surface area contributed by atoms with E-state index in [1.54, 1.807) is 80.2 Å². The van der Waals surface area contributed by atoms with Crippen LogP contribution in [0.4, 0.5) is 22.7 Å². The highest BCUT2D eigenvalue weighted by Crippen LogP contribution is 2.45. The van der Waals surface area contributed by atoms with E-state index in [9.17, 15) is 25.3 Å². The summed E-state index contributed by atoms with van der Waals surface area (Å²) in [6.07, 6.45) is 32.3. The van der Waals surface area contributed by atoms with Gasteiger partial charge in [-0.25, -0.2) is 64.7 Å². The van der Waals surface area contributed by atoms with Gasteiger partial charge in [-0.2, -0.15) is 0 Å². The zero-order chi connectivity index (χ0) is 85.0. The monoisotopic (exact) mass is 1710 g/mol. The third-order valence-electron chi connectivity index (χ3n) is 20.2. The fourth-order valence-corrected chi connectivity index (χ4v) is 16.3. The normalized spacial score (nSPS) is 11.5. The molecule has 5 aromatic carbocycles. The molecular formula is C89H67Cl4N17O6S3. The van der Waals surface area contributed by atoms with Gasteiger partial charge >= 0.3 is 0 Å². The Morgan fingerprint density at radius 2 is 0.689 bits per heavy atom. The molecule has 0 saturated heterocycles. The van der Waals surface area contributed by atoms with Crippen LogP contribution in [0.5, 0.6) is 0 Å². The molecule has 0 unspecified atom stereocenters. The second-order valence-electron chi connectivity index (χ2n) is 28.4. The van der Waals surface area contributed by atoms with Crippen molar-refractivity contribution in [3.8, 4) is 67.4 Å². The summed E-state index contributed by atoms with van der Waals surface area (Å²) in [5, 5.41) is 11.2. The highest BCUT2D eigenvalue weighted by atomic mass is 35.5. The summed E-state index contributed by atoms with van der Waals surface area (Å²) >= 11 is 26.3. The Bertz CT molecular complexity index is 7070. The zero-order valence-electron chi connectivity index (χ0n) is 65.1. The van der Waals surface area contributed by atoms with Gasteiger partial charge in [-0.05, 0) is 231 Å². The molecule has 0 saturated carbocycles. The fraction of sp³-hybridized carbons (Fsp3) is 0.112. The van der Waals surface area contributed by atoms with Crippen LogP contribution in [0.25, 0.3) is 136 Å². The van der Waals surface area contributed by atoms with E-state index in [-0.39, 0.29) is 14.8 Å². The molecule has 0 fully saturated rings. The molecule has 0 bridgehead atoms. The van der Waals surface area contributed by atoms with Crippen LogP contribution < -0.4 is 5.14 Å². The van der Waals surface area contributed by atoms with Crippen molar-refractivity contribution in [2.24, 2.45) is 5.14 Å². The summed E-state index contributed by atoms with van der Waals surface area (Å²) in [7, 11) is -10.5. The van der Waals surface area contributed by atoms with E-state index in [0.717, 1.165) is 162 Å². The van der Waals surface area contributed by atoms with E-state index in [1.807, 2.05) is 153 Å². The van der Waals surface area contributed by atoms with E-state index in [0.29, 0.717) is 54.3 Å². The number of aromatic nitrogens is 12. The van der Waals surface area contributed by atoms with Crippen molar-refractivity contribution in [2.45, 2.75) is 70.2 Å². The minimum Gasteiger partial charge on any atom is -0.316 e. The largest absolute Gasteiger partial charge is 0.316 e.